The van der Waals surface area contributed by atoms with Crippen LogP contribution in [0.2, 0.25) is 0 Å². The molecule has 0 aliphatic carbocycles. The molecule has 4 nitrogen and oxygen atoms in total. The van der Waals surface area contributed by atoms with E-state index in [2.05, 4.69) is 24.4 Å². The lowest BCUT2D eigenvalue weighted by atomic mass is 10.1. The molecule has 0 aromatic heterocycles. The molecule has 0 aliphatic rings. The van der Waals surface area contributed by atoms with E-state index >= 15 is 0 Å². The molecular formula is C15H25N2O2. The predicted molar refractivity (Wildman–Crippen MR) is 78.4 cm³/mol. The van der Waals surface area contributed by atoms with Crippen LogP contribution in [-0.4, -0.2) is 38.9 Å². The van der Waals surface area contributed by atoms with Crippen molar-refractivity contribution in [2.75, 3.05) is 27.8 Å². The van der Waals surface area contributed by atoms with Gasteiger partial charge in [-0.15, -0.1) is 0 Å². The van der Waals surface area contributed by atoms with E-state index in [0.717, 1.165) is 30.9 Å². The third kappa shape index (κ3) is 4.73. The molecule has 1 aromatic carbocycles. The Kier molecular flexibility index (Phi) is 6.67. The molecule has 0 heterocycles. The van der Waals surface area contributed by atoms with Gasteiger partial charge in [-0.3, -0.25) is 4.90 Å². The standard InChI is InChI=1S/C15H25N2O2/c1-5-6-15(16)17(2)10-9-12-7-8-13(18-3)14(11-12)19-4/h5,7-8,11,15H,6,9-10,16H2,1-4H3. The van der Waals surface area contributed by atoms with Crippen molar-refractivity contribution in [1.82, 2.24) is 4.90 Å². The highest BCUT2D eigenvalue weighted by Gasteiger charge is 2.09. The van der Waals surface area contributed by atoms with Crippen molar-refractivity contribution in [3.8, 4) is 11.5 Å². The molecule has 0 amide bonds. The van der Waals surface area contributed by atoms with Crippen molar-refractivity contribution in [3.05, 3.63) is 30.2 Å². The van der Waals surface area contributed by atoms with Gasteiger partial charge in [-0.05, 0) is 44.0 Å². The van der Waals surface area contributed by atoms with E-state index in [1.807, 2.05) is 19.1 Å². The molecule has 0 saturated heterocycles. The number of likely N-dealkylation sites (N-methyl/N-ethyl adjacent to an activating group) is 1. The normalized spacial score (nSPS) is 12.5. The van der Waals surface area contributed by atoms with Gasteiger partial charge < -0.3 is 15.2 Å². The van der Waals surface area contributed by atoms with Gasteiger partial charge in [0, 0.05) is 6.54 Å². The van der Waals surface area contributed by atoms with Crippen LogP contribution in [0, 0.1) is 6.42 Å². The topological polar surface area (TPSA) is 47.7 Å². The number of hydrogen-bond acceptors (Lipinski definition) is 4. The van der Waals surface area contributed by atoms with E-state index in [1.54, 1.807) is 14.2 Å². The molecular weight excluding hydrogens is 240 g/mol. The van der Waals surface area contributed by atoms with Gasteiger partial charge in [0.2, 0.25) is 0 Å². The first kappa shape index (κ1) is 15.8. The van der Waals surface area contributed by atoms with Crippen molar-refractivity contribution >= 4 is 0 Å². The lowest BCUT2D eigenvalue weighted by Gasteiger charge is -2.24. The lowest BCUT2D eigenvalue weighted by molar-refractivity contribution is 0.247. The van der Waals surface area contributed by atoms with Crippen LogP contribution in [0.5, 0.6) is 11.5 Å². The Labute approximate surface area is 116 Å². The van der Waals surface area contributed by atoms with Crippen LogP contribution in [0.3, 0.4) is 0 Å². The maximum absolute atomic E-state index is 6.04. The van der Waals surface area contributed by atoms with Crippen LogP contribution in [-0.2, 0) is 6.42 Å². The number of rotatable bonds is 8. The van der Waals surface area contributed by atoms with Crippen LogP contribution >= 0.6 is 0 Å². The van der Waals surface area contributed by atoms with Gasteiger partial charge in [0.1, 0.15) is 0 Å². The first-order valence-corrected chi connectivity index (χ1v) is 6.57. The van der Waals surface area contributed by atoms with Gasteiger partial charge in [0.15, 0.2) is 11.5 Å². The average molecular weight is 265 g/mol. The van der Waals surface area contributed by atoms with E-state index in [0.29, 0.717) is 0 Å². The quantitative estimate of drug-likeness (QED) is 0.731. The summed E-state index contributed by atoms with van der Waals surface area (Å²) in [5.41, 5.74) is 7.26. The maximum atomic E-state index is 6.04. The average Bonchev–Trinajstić information content (AvgIpc) is 2.44. The number of methoxy groups -OCH3 is 2. The lowest BCUT2D eigenvalue weighted by Crippen LogP contribution is -2.40. The van der Waals surface area contributed by atoms with Crippen molar-refractivity contribution in [2.24, 2.45) is 5.73 Å². The summed E-state index contributed by atoms with van der Waals surface area (Å²) in [6, 6.07) is 6.02. The monoisotopic (exact) mass is 265 g/mol. The Morgan fingerprint density at radius 3 is 2.53 bits per heavy atom. The zero-order valence-corrected chi connectivity index (χ0v) is 12.3. The minimum Gasteiger partial charge on any atom is -0.493 e. The van der Waals surface area contributed by atoms with Crippen molar-refractivity contribution < 1.29 is 9.47 Å². The minimum absolute atomic E-state index is 0.0881. The Bertz CT molecular complexity index is 382. The molecule has 0 spiro atoms. The van der Waals surface area contributed by atoms with Crippen molar-refractivity contribution in [1.29, 1.82) is 0 Å². The first-order chi connectivity index (χ1) is 9.12. The predicted octanol–water partition coefficient (Wildman–Crippen LogP) is 2.08. The summed E-state index contributed by atoms with van der Waals surface area (Å²) in [7, 11) is 5.35. The van der Waals surface area contributed by atoms with Gasteiger partial charge in [-0.1, -0.05) is 13.0 Å². The number of nitrogens with zero attached hydrogens (tertiary/aromatic N) is 1. The third-order valence-corrected chi connectivity index (χ3v) is 3.24. The molecule has 0 saturated carbocycles. The van der Waals surface area contributed by atoms with Crippen LogP contribution < -0.4 is 15.2 Å². The van der Waals surface area contributed by atoms with E-state index in [1.165, 1.54) is 5.56 Å². The first-order valence-electron chi connectivity index (χ1n) is 6.57. The van der Waals surface area contributed by atoms with Gasteiger partial charge in [0.25, 0.3) is 0 Å². The van der Waals surface area contributed by atoms with Gasteiger partial charge in [-0.2, -0.15) is 0 Å². The number of nitrogens with two attached hydrogens (primary N) is 1. The fourth-order valence-electron chi connectivity index (χ4n) is 1.93. The Morgan fingerprint density at radius 1 is 1.26 bits per heavy atom. The molecule has 4 heteroatoms. The second-order valence-corrected chi connectivity index (χ2v) is 4.63. The highest BCUT2D eigenvalue weighted by Crippen LogP contribution is 2.27. The Balaban J connectivity index is 2.58. The minimum atomic E-state index is 0.0881. The summed E-state index contributed by atoms with van der Waals surface area (Å²) in [6.45, 7) is 2.95. The summed E-state index contributed by atoms with van der Waals surface area (Å²) in [6.07, 6.45) is 4.03. The molecule has 0 bridgehead atoms. The molecule has 0 fully saturated rings. The number of benzene rings is 1. The summed E-state index contributed by atoms with van der Waals surface area (Å²) in [5.74, 6) is 1.53. The van der Waals surface area contributed by atoms with Crippen molar-refractivity contribution in [3.63, 3.8) is 0 Å². The zero-order valence-electron chi connectivity index (χ0n) is 12.3. The molecule has 1 radical (unpaired) electrons. The third-order valence-electron chi connectivity index (χ3n) is 3.24. The fraction of sp³-hybridized carbons (Fsp3) is 0.533. The van der Waals surface area contributed by atoms with Gasteiger partial charge in [-0.25, -0.2) is 0 Å². The summed E-state index contributed by atoms with van der Waals surface area (Å²) in [4.78, 5) is 2.16. The molecule has 1 atom stereocenters. The van der Waals surface area contributed by atoms with E-state index in [-0.39, 0.29) is 6.17 Å². The van der Waals surface area contributed by atoms with Crippen LogP contribution in [0.15, 0.2) is 18.2 Å². The maximum Gasteiger partial charge on any atom is 0.160 e. The second-order valence-electron chi connectivity index (χ2n) is 4.63. The Hall–Kier alpha value is -1.26. The molecule has 1 unspecified atom stereocenters. The highest BCUT2D eigenvalue weighted by molar-refractivity contribution is 5.42. The molecule has 2 N–H and O–H groups in total. The molecule has 107 valence electrons. The van der Waals surface area contributed by atoms with Crippen LogP contribution in [0.25, 0.3) is 0 Å². The summed E-state index contributed by atoms with van der Waals surface area (Å²) >= 11 is 0. The molecule has 19 heavy (non-hydrogen) atoms. The summed E-state index contributed by atoms with van der Waals surface area (Å²) in [5, 5.41) is 0. The fourth-order valence-corrected chi connectivity index (χ4v) is 1.93. The molecule has 1 rings (SSSR count). The largest absolute Gasteiger partial charge is 0.493 e. The number of hydrogen-bond donors (Lipinski definition) is 1. The number of ether oxygens (including phenoxy) is 2. The highest BCUT2D eigenvalue weighted by atomic mass is 16.5. The van der Waals surface area contributed by atoms with Gasteiger partial charge in [0.05, 0.1) is 20.4 Å². The molecule has 0 aliphatic heterocycles. The summed E-state index contributed by atoms with van der Waals surface area (Å²) < 4.78 is 10.5. The van der Waals surface area contributed by atoms with E-state index in [4.69, 9.17) is 15.2 Å². The van der Waals surface area contributed by atoms with Crippen LogP contribution in [0.4, 0.5) is 0 Å². The molecule has 1 aromatic rings. The zero-order chi connectivity index (χ0) is 14.3. The van der Waals surface area contributed by atoms with E-state index in [9.17, 15) is 0 Å². The van der Waals surface area contributed by atoms with Crippen molar-refractivity contribution in [2.45, 2.75) is 25.9 Å². The second kappa shape index (κ2) is 8.02. The smallest absolute Gasteiger partial charge is 0.160 e. The SMILES string of the molecule is C[CH]CC(N)N(C)CCc1ccc(OC)c(OC)c1. The van der Waals surface area contributed by atoms with Gasteiger partial charge >= 0.3 is 0 Å². The Morgan fingerprint density at radius 2 is 1.95 bits per heavy atom. The van der Waals surface area contributed by atoms with Crippen LogP contribution in [0.1, 0.15) is 18.9 Å². The van der Waals surface area contributed by atoms with E-state index < -0.39 is 0 Å².